The van der Waals surface area contributed by atoms with E-state index in [1.165, 1.54) is 12.5 Å². The second-order valence-electron chi connectivity index (χ2n) is 5.20. The number of rotatable bonds is 4. The first-order valence-corrected chi connectivity index (χ1v) is 6.35. The SMILES string of the molecule is CC1(C)CC1NCc1cc(Br)cc([N+](=O)[O-])c1. The monoisotopic (exact) mass is 298 g/mol. The summed E-state index contributed by atoms with van der Waals surface area (Å²) in [5, 5.41) is 14.1. The van der Waals surface area contributed by atoms with Gasteiger partial charge in [0.25, 0.3) is 5.69 Å². The summed E-state index contributed by atoms with van der Waals surface area (Å²) in [5.74, 6) is 0. The fourth-order valence-corrected chi connectivity index (χ4v) is 2.43. The Morgan fingerprint density at radius 3 is 2.71 bits per heavy atom. The van der Waals surface area contributed by atoms with E-state index in [9.17, 15) is 10.1 Å². The first-order chi connectivity index (χ1) is 7.88. The van der Waals surface area contributed by atoms with Crippen LogP contribution in [0.3, 0.4) is 0 Å². The van der Waals surface area contributed by atoms with Crippen LogP contribution < -0.4 is 5.32 Å². The third kappa shape index (κ3) is 3.04. The van der Waals surface area contributed by atoms with Crippen LogP contribution in [-0.4, -0.2) is 11.0 Å². The van der Waals surface area contributed by atoms with E-state index in [4.69, 9.17) is 0 Å². The maximum atomic E-state index is 10.7. The Labute approximate surface area is 109 Å². The second-order valence-corrected chi connectivity index (χ2v) is 6.12. The first-order valence-electron chi connectivity index (χ1n) is 5.56. The molecule has 2 rings (SSSR count). The maximum absolute atomic E-state index is 10.7. The molecule has 17 heavy (non-hydrogen) atoms. The average Bonchev–Trinajstić information content (AvgIpc) is 2.83. The minimum atomic E-state index is -0.366. The van der Waals surface area contributed by atoms with Crippen LogP contribution in [0, 0.1) is 15.5 Å². The molecule has 1 aromatic rings. The van der Waals surface area contributed by atoms with Gasteiger partial charge in [0.05, 0.1) is 4.92 Å². The van der Waals surface area contributed by atoms with Crippen molar-refractivity contribution in [1.29, 1.82) is 0 Å². The number of hydrogen-bond donors (Lipinski definition) is 1. The Bertz CT molecular complexity index is 460. The topological polar surface area (TPSA) is 55.2 Å². The van der Waals surface area contributed by atoms with Crippen LogP contribution in [0.2, 0.25) is 0 Å². The smallest absolute Gasteiger partial charge is 0.270 e. The number of nitrogens with zero attached hydrogens (tertiary/aromatic N) is 1. The van der Waals surface area contributed by atoms with Gasteiger partial charge in [-0.3, -0.25) is 10.1 Å². The van der Waals surface area contributed by atoms with Gasteiger partial charge >= 0.3 is 0 Å². The number of nitro benzene ring substituents is 1. The first kappa shape index (κ1) is 12.5. The standard InChI is InChI=1S/C12H15BrN2O2/c1-12(2)6-11(12)14-7-8-3-9(13)5-10(4-8)15(16)17/h3-5,11,14H,6-7H2,1-2H3. The van der Waals surface area contributed by atoms with Crippen LogP contribution in [0.4, 0.5) is 5.69 Å². The fourth-order valence-electron chi connectivity index (χ4n) is 1.90. The van der Waals surface area contributed by atoms with Gasteiger partial charge in [-0.2, -0.15) is 0 Å². The van der Waals surface area contributed by atoms with Crippen molar-refractivity contribution in [2.75, 3.05) is 0 Å². The van der Waals surface area contributed by atoms with E-state index in [0.29, 0.717) is 18.0 Å². The molecule has 0 amide bonds. The van der Waals surface area contributed by atoms with Gasteiger partial charge in [0.1, 0.15) is 0 Å². The van der Waals surface area contributed by atoms with Gasteiger partial charge in [0, 0.05) is 29.2 Å². The fraction of sp³-hybridized carbons (Fsp3) is 0.500. The van der Waals surface area contributed by atoms with Crippen molar-refractivity contribution >= 4 is 21.6 Å². The highest BCUT2D eigenvalue weighted by molar-refractivity contribution is 9.10. The van der Waals surface area contributed by atoms with Crippen LogP contribution in [0.5, 0.6) is 0 Å². The summed E-state index contributed by atoms with van der Waals surface area (Å²) in [6.07, 6.45) is 1.17. The Morgan fingerprint density at radius 2 is 2.18 bits per heavy atom. The van der Waals surface area contributed by atoms with Crippen molar-refractivity contribution < 1.29 is 4.92 Å². The van der Waals surface area contributed by atoms with Crippen molar-refractivity contribution in [2.24, 2.45) is 5.41 Å². The van der Waals surface area contributed by atoms with E-state index >= 15 is 0 Å². The summed E-state index contributed by atoms with van der Waals surface area (Å²) in [5.41, 5.74) is 1.44. The van der Waals surface area contributed by atoms with Crippen molar-refractivity contribution in [3.05, 3.63) is 38.3 Å². The lowest BCUT2D eigenvalue weighted by molar-refractivity contribution is -0.385. The molecule has 0 saturated heterocycles. The summed E-state index contributed by atoms with van der Waals surface area (Å²) in [6, 6.07) is 5.58. The molecule has 1 aromatic carbocycles. The molecule has 1 atom stereocenters. The molecule has 1 fully saturated rings. The summed E-state index contributed by atoms with van der Waals surface area (Å²) in [7, 11) is 0. The minimum absolute atomic E-state index is 0.131. The molecular weight excluding hydrogens is 284 g/mol. The van der Waals surface area contributed by atoms with Crippen LogP contribution in [-0.2, 0) is 6.54 Å². The quantitative estimate of drug-likeness (QED) is 0.686. The van der Waals surface area contributed by atoms with E-state index in [0.717, 1.165) is 10.0 Å². The number of halogens is 1. The molecule has 0 bridgehead atoms. The highest BCUT2D eigenvalue weighted by Gasteiger charge is 2.44. The second kappa shape index (κ2) is 4.38. The Balaban J connectivity index is 2.03. The lowest BCUT2D eigenvalue weighted by Gasteiger charge is -2.07. The van der Waals surface area contributed by atoms with Gasteiger partial charge in [-0.25, -0.2) is 0 Å². The van der Waals surface area contributed by atoms with Gasteiger partial charge in [0.15, 0.2) is 0 Å². The largest absolute Gasteiger partial charge is 0.309 e. The van der Waals surface area contributed by atoms with Gasteiger partial charge < -0.3 is 5.32 Å². The molecule has 0 heterocycles. The molecule has 1 N–H and O–H groups in total. The van der Waals surface area contributed by atoms with E-state index in [-0.39, 0.29) is 10.6 Å². The molecule has 1 saturated carbocycles. The maximum Gasteiger partial charge on any atom is 0.270 e. The minimum Gasteiger partial charge on any atom is -0.309 e. The lowest BCUT2D eigenvalue weighted by Crippen LogP contribution is -2.19. The number of benzene rings is 1. The molecule has 0 aliphatic heterocycles. The van der Waals surface area contributed by atoms with Crippen molar-refractivity contribution in [2.45, 2.75) is 32.9 Å². The average molecular weight is 299 g/mol. The Kier molecular flexibility index (Phi) is 3.23. The van der Waals surface area contributed by atoms with E-state index in [1.54, 1.807) is 6.07 Å². The van der Waals surface area contributed by atoms with Crippen molar-refractivity contribution in [1.82, 2.24) is 5.32 Å². The number of nitrogens with one attached hydrogen (secondary N) is 1. The van der Waals surface area contributed by atoms with E-state index in [1.807, 2.05) is 6.07 Å². The van der Waals surface area contributed by atoms with Crippen LogP contribution in [0.15, 0.2) is 22.7 Å². The predicted octanol–water partition coefficient (Wildman–Crippen LogP) is 3.25. The van der Waals surface area contributed by atoms with Crippen molar-refractivity contribution in [3.63, 3.8) is 0 Å². The number of nitro groups is 1. The van der Waals surface area contributed by atoms with Gasteiger partial charge in [0.2, 0.25) is 0 Å². The van der Waals surface area contributed by atoms with Gasteiger partial charge in [-0.15, -0.1) is 0 Å². The third-order valence-corrected chi connectivity index (χ3v) is 3.68. The van der Waals surface area contributed by atoms with Crippen LogP contribution in [0.25, 0.3) is 0 Å². The van der Waals surface area contributed by atoms with Crippen LogP contribution in [0.1, 0.15) is 25.8 Å². The molecule has 92 valence electrons. The van der Waals surface area contributed by atoms with Gasteiger partial charge in [-0.05, 0) is 23.5 Å². The Hall–Kier alpha value is -0.940. The summed E-state index contributed by atoms with van der Waals surface area (Å²) >= 11 is 3.29. The zero-order valence-electron chi connectivity index (χ0n) is 9.87. The summed E-state index contributed by atoms with van der Waals surface area (Å²) in [4.78, 5) is 10.4. The molecular formula is C12H15BrN2O2. The van der Waals surface area contributed by atoms with Gasteiger partial charge in [-0.1, -0.05) is 29.8 Å². The summed E-state index contributed by atoms with van der Waals surface area (Å²) in [6.45, 7) is 5.11. The normalized spacial score (nSPS) is 21.2. The molecule has 1 unspecified atom stereocenters. The molecule has 1 aliphatic carbocycles. The third-order valence-electron chi connectivity index (χ3n) is 3.22. The molecule has 0 radical (unpaired) electrons. The zero-order valence-corrected chi connectivity index (χ0v) is 11.5. The zero-order chi connectivity index (χ0) is 12.6. The molecule has 4 nitrogen and oxygen atoms in total. The van der Waals surface area contributed by atoms with E-state index in [2.05, 4.69) is 35.1 Å². The molecule has 0 aromatic heterocycles. The number of non-ortho nitro benzene ring substituents is 1. The van der Waals surface area contributed by atoms with Crippen molar-refractivity contribution in [3.8, 4) is 0 Å². The molecule has 1 aliphatic rings. The molecule has 0 spiro atoms. The lowest BCUT2D eigenvalue weighted by atomic mass is 10.1. The number of hydrogen-bond acceptors (Lipinski definition) is 3. The van der Waals surface area contributed by atoms with Crippen LogP contribution >= 0.6 is 15.9 Å². The van der Waals surface area contributed by atoms with E-state index < -0.39 is 0 Å². The predicted molar refractivity (Wildman–Crippen MR) is 69.8 cm³/mol. The highest BCUT2D eigenvalue weighted by atomic mass is 79.9. The Morgan fingerprint density at radius 1 is 1.53 bits per heavy atom. The molecule has 5 heteroatoms. The highest BCUT2D eigenvalue weighted by Crippen LogP contribution is 2.44. The summed E-state index contributed by atoms with van der Waals surface area (Å²) < 4.78 is 0.749.